The summed E-state index contributed by atoms with van der Waals surface area (Å²) >= 11 is 0. The average molecular weight is 485 g/mol. The summed E-state index contributed by atoms with van der Waals surface area (Å²) in [7, 11) is 1.59. The molecule has 1 atom stereocenters. The Morgan fingerprint density at radius 1 is 0.944 bits per heavy atom. The number of carbonyl (C=O) groups excluding carboxylic acids is 2. The van der Waals surface area contributed by atoms with Gasteiger partial charge in [0.15, 0.2) is 0 Å². The lowest BCUT2D eigenvalue weighted by Gasteiger charge is -2.28. The van der Waals surface area contributed by atoms with Crippen molar-refractivity contribution in [2.75, 3.05) is 7.11 Å². The van der Waals surface area contributed by atoms with Crippen molar-refractivity contribution in [2.24, 2.45) is 0 Å². The Bertz CT molecular complexity index is 1330. The molecule has 1 N–H and O–H groups in total. The largest absolute Gasteiger partial charge is 0.497 e. The van der Waals surface area contributed by atoms with Crippen molar-refractivity contribution in [3.05, 3.63) is 95.8 Å². The molecule has 1 aromatic heterocycles. The van der Waals surface area contributed by atoms with Crippen LogP contribution < -0.4 is 10.1 Å². The number of imidazole rings is 1. The molecule has 0 aliphatic heterocycles. The Hall–Kier alpha value is -4.13. The van der Waals surface area contributed by atoms with Crippen molar-refractivity contribution in [1.29, 1.82) is 0 Å². The molecule has 1 unspecified atom stereocenters. The van der Waals surface area contributed by atoms with E-state index < -0.39 is 6.04 Å². The monoisotopic (exact) mass is 484 g/mol. The summed E-state index contributed by atoms with van der Waals surface area (Å²) in [5.41, 5.74) is 3.24. The Kier molecular flexibility index (Phi) is 7.68. The maximum Gasteiger partial charge on any atom is 0.251 e. The molecule has 0 fully saturated rings. The molecule has 7 heteroatoms. The van der Waals surface area contributed by atoms with Gasteiger partial charge in [0.1, 0.15) is 18.1 Å². The number of fused-ring (bicyclic) bond motifs is 1. The second-order valence-electron chi connectivity index (χ2n) is 9.07. The predicted molar refractivity (Wildman–Crippen MR) is 141 cm³/mol. The van der Waals surface area contributed by atoms with Gasteiger partial charge in [-0.05, 0) is 62.7 Å². The van der Waals surface area contributed by atoms with E-state index in [2.05, 4.69) is 5.32 Å². The number of hydrogen-bond acceptors (Lipinski definition) is 4. The quantitative estimate of drug-likeness (QED) is 0.364. The van der Waals surface area contributed by atoms with E-state index >= 15 is 0 Å². The molecule has 2 amide bonds. The maximum atomic E-state index is 13.6. The number of nitrogens with zero attached hydrogens (tertiary/aromatic N) is 3. The van der Waals surface area contributed by atoms with Crippen LogP contribution in [-0.2, 0) is 17.9 Å². The van der Waals surface area contributed by atoms with E-state index in [4.69, 9.17) is 9.72 Å². The molecule has 4 rings (SSSR count). The average Bonchev–Trinajstić information content (AvgIpc) is 3.26. The summed E-state index contributed by atoms with van der Waals surface area (Å²) in [4.78, 5) is 33.1. The molecule has 0 spiro atoms. The number of benzene rings is 3. The smallest absolute Gasteiger partial charge is 0.251 e. The van der Waals surface area contributed by atoms with Crippen LogP contribution in [0.4, 0.5) is 0 Å². The summed E-state index contributed by atoms with van der Waals surface area (Å²) in [5, 5.41) is 3.03. The van der Waals surface area contributed by atoms with Crippen LogP contribution in [0.2, 0.25) is 0 Å². The standard InChI is InChI=1S/C29H32N4O3/c1-20(2)32(18-22-10-6-5-7-11-22)27(34)19-33-26-13-9-8-12-25(26)31-28(33)21(3)30-29(35)23-14-16-24(36-4)17-15-23/h5-17,20-21H,18-19H2,1-4H3,(H,30,35). The first-order chi connectivity index (χ1) is 17.4. The van der Waals surface area contributed by atoms with Gasteiger partial charge in [-0.2, -0.15) is 0 Å². The zero-order valence-electron chi connectivity index (χ0n) is 21.1. The zero-order valence-corrected chi connectivity index (χ0v) is 21.1. The van der Waals surface area contributed by atoms with Gasteiger partial charge in [0.2, 0.25) is 5.91 Å². The summed E-state index contributed by atoms with van der Waals surface area (Å²) in [6.45, 7) is 6.58. The highest BCUT2D eigenvalue weighted by molar-refractivity contribution is 5.94. The SMILES string of the molecule is COc1ccc(C(=O)NC(C)c2nc3ccccc3n2CC(=O)N(Cc2ccccc2)C(C)C)cc1. The molecular formula is C29H32N4O3. The number of ether oxygens (including phenoxy) is 1. The van der Waals surface area contributed by atoms with E-state index in [0.717, 1.165) is 16.6 Å². The van der Waals surface area contributed by atoms with E-state index in [1.165, 1.54) is 0 Å². The normalized spacial score (nSPS) is 11.9. The van der Waals surface area contributed by atoms with Gasteiger partial charge in [-0.3, -0.25) is 9.59 Å². The minimum Gasteiger partial charge on any atom is -0.497 e. The number of para-hydroxylation sites is 2. The van der Waals surface area contributed by atoms with Crippen LogP contribution in [0, 0.1) is 0 Å². The number of hydrogen-bond donors (Lipinski definition) is 1. The van der Waals surface area contributed by atoms with Crippen molar-refractivity contribution in [3.63, 3.8) is 0 Å². The first-order valence-electron chi connectivity index (χ1n) is 12.1. The summed E-state index contributed by atoms with van der Waals surface area (Å²) in [6, 6.07) is 24.3. The van der Waals surface area contributed by atoms with Crippen molar-refractivity contribution in [2.45, 2.75) is 45.9 Å². The fourth-order valence-corrected chi connectivity index (χ4v) is 4.24. The summed E-state index contributed by atoms with van der Waals surface area (Å²) in [6.07, 6.45) is 0. The molecule has 7 nitrogen and oxygen atoms in total. The molecule has 0 aliphatic carbocycles. The highest BCUT2D eigenvalue weighted by atomic mass is 16.5. The minimum atomic E-state index is -0.415. The maximum absolute atomic E-state index is 13.6. The second kappa shape index (κ2) is 11.1. The lowest BCUT2D eigenvalue weighted by molar-refractivity contribution is -0.134. The Labute approximate surface area is 211 Å². The van der Waals surface area contributed by atoms with Gasteiger partial charge < -0.3 is 19.5 Å². The van der Waals surface area contributed by atoms with E-state index in [1.807, 2.05) is 84.8 Å². The van der Waals surface area contributed by atoms with Crippen LogP contribution in [0.3, 0.4) is 0 Å². The topological polar surface area (TPSA) is 76.5 Å². The Morgan fingerprint density at radius 2 is 1.61 bits per heavy atom. The van der Waals surface area contributed by atoms with Crippen LogP contribution in [0.5, 0.6) is 5.75 Å². The molecular weight excluding hydrogens is 452 g/mol. The van der Waals surface area contributed by atoms with E-state index in [1.54, 1.807) is 31.4 Å². The summed E-state index contributed by atoms with van der Waals surface area (Å²) < 4.78 is 7.09. The van der Waals surface area contributed by atoms with Crippen LogP contribution >= 0.6 is 0 Å². The first kappa shape index (κ1) is 25.0. The van der Waals surface area contributed by atoms with E-state index in [0.29, 0.717) is 23.7 Å². The number of nitrogens with one attached hydrogen (secondary N) is 1. The van der Waals surface area contributed by atoms with Gasteiger partial charge in [0.05, 0.1) is 24.2 Å². The number of rotatable bonds is 9. The van der Waals surface area contributed by atoms with Crippen molar-refractivity contribution in [3.8, 4) is 5.75 Å². The molecule has 0 radical (unpaired) electrons. The number of carbonyl (C=O) groups is 2. The van der Waals surface area contributed by atoms with E-state index in [9.17, 15) is 9.59 Å². The molecule has 0 aliphatic rings. The first-order valence-corrected chi connectivity index (χ1v) is 12.1. The van der Waals surface area contributed by atoms with Gasteiger partial charge in [0, 0.05) is 18.2 Å². The van der Waals surface area contributed by atoms with Gasteiger partial charge in [0.25, 0.3) is 5.91 Å². The second-order valence-corrected chi connectivity index (χ2v) is 9.07. The predicted octanol–water partition coefficient (Wildman–Crippen LogP) is 4.97. The van der Waals surface area contributed by atoms with Crippen LogP contribution in [0.15, 0.2) is 78.9 Å². The van der Waals surface area contributed by atoms with Crippen LogP contribution in [-0.4, -0.2) is 39.4 Å². The number of methoxy groups -OCH3 is 1. The molecule has 186 valence electrons. The van der Waals surface area contributed by atoms with Gasteiger partial charge in [-0.1, -0.05) is 42.5 Å². The molecule has 0 saturated carbocycles. The third-order valence-electron chi connectivity index (χ3n) is 6.20. The third-order valence-corrected chi connectivity index (χ3v) is 6.20. The zero-order chi connectivity index (χ0) is 25.7. The van der Waals surface area contributed by atoms with Crippen molar-refractivity contribution < 1.29 is 14.3 Å². The van der Waals surface area contributed by atoms with Crippen LogP contribution in [0.1, 0.15) is 48.6 Å². The van der Waals surface area contributed by atoms with E-state index in [-0.39, 0.29) is 24.4 Å². The fourth-order valence-electron chi connectivity index (χ4n) is 4.24. The molecule has 3 aromatic carbocycles. The van der Waals surface area contributed by atoms with Gasteiger partial charge >= 0.3 is 0 Å². The molecule has 0 bridgehead atoms. The lowest BCUT2D eigenvalue weighted by Crippen LogP contribution is -2.39. The van der Waals surface area contributed by atoms with Crippen molar-refractivity contribution >= 4 is 22.8 Å². The molecule has 36 heavy (non-hydrogen) atoms. The third kappa shape index (κ3) is 5.57. The fraction of sp³-hybridized carbons (Fsp3) is 0.276. The van der Waals surface area contributed by atoms with Crippen molar-refractivity contribution in [1.82, 2.24) is 19.8 Å². The number of aromatic nitrogens is 2. The molecule has 4 aromatic rings. The Balaban J connectivity index is 1.59. The van der Waals surface area contributed by atoms with Gasteiger partial charge in [-0.15, -0.1) is 0 Å². The Morgan fingerprint density at radius 3 is 2.28 bits per heavy atom. The highest BCUT2D eigenvalue weighted by Crippen LogP contribution is 2.22. The highest BCUT2D eigenvalue weighted by Gasteiger charge is 2.24. The molecule has 0 saturated heterocycles. The summed E-state index contributed by atoms with van der Waals surface area (Å²) in [5.74, 6) is 1.09. The lowest BCUT2D eigenvalue weighted by atomic mass is 10.2. The minimum absolute atomic E-state index is 0.00747. The molecule has 1 heterocycles. The van der Waals surface area contributed by atoms with Gasteiger partial charge in [-0.25, -0.2) is 4.98 Å². The number of amides is 2. The van der Waals surface area contributed by atoms with Crippen LogP contribution in [0.25, 0.3) is 11.0 Å².